The van der Waals surface area contributed by atoms with E-state index in [-0.39, 0.29) is 9.23 Å². The zero-order valence-electron chi connectivity index (χ0n) is 20.7. The van der Waals surface area contributed by atoms with Crippen molar-refractivity contribution >= 4 is 75.8 Å². The van der Waals surface area contributed by atoms with Gasteiger partial charge in [-0.2, -0.15) is 0 Å². The number of halogens is 1. The van der Waals surface area contributed by atoms with E-state index in [2.05, 4.69) is 0 Å². The molecule has 0 radical (unpaired) electrons. The second kappa shape index (κ2) is 12.7. The fraction of sp³-hybridized carbons (Fsp3) is 0.417. The van der Waals surface area contributed by atoms with Crippen LogP contribution in [0.25, 0.3) is 6.08 Å². The van der Waals surface area contributed by atoms with Gasteiger partial charge in [-0.1, -0.05) is 47.7 Å². The molecule has 0 aromatic heterocycles. The molecule has 0 bridgehead atoms. The molecular weight excluding hydrogens is 562 g/mol. The van der Waals surface area contributed by atoms with Gasteiger partial charge in [0.05, 0.1) is 4.91 Å². The first-order chi connectivity index (χ1) is 17.9. The summed E-state index contributed by atoms with van der Waals surface area (Å²) in [5, 5.41) is 0.521. The fourth-order valence-electron chi connectivity index (χ4n) is 3.82. The van der Waals surface area contributed by atoms with Gasteiger partial charge in [0.1, 0.15) is 12.7 Å². The Morgan fingerprint density at radius 2 is 1.50 bits per heavy atom. The summed E-state index contributed by atoms with van der Waals surface area (Å²) in [5.74, 6) is -3.57. The summed E-state index contributed by atoms with van der Waals surface area (Å²) in [6.07, 6.45) is -5.26. The average molecular weight is 586 g/mol. The van der Waals surface area contributed by atoms with Crippen LogP contribution in [0.1, 0.15) is 33.3 Å². The maximum atomic E-state index is 13.5. The predicted octanol–water partition coefficient (Wildman–Crippen LogP) is 2.62. The first-order valence-electron chi connectivity index (χ1n) is 11.2. The Morgan fingerprint density at radius 1 is 0.947 bits per heavy atom. The van der Waals surface area contributed by atoms with Crippen molar-refractivity contribution in [3.05, 3.63) is 39.8 Å². The van der Waals surface area contributed by atoms with E-state index in [1.165, 1.54) is 0 Å². The number of benzene rings is 1. The largest absolute Gasteiger partial charge is 0.463 e. The number of thiocarbonyl (C=S) groups is 1. The van der Waals surface area contributed by atoms with Gasteiger partial charge < -0.3 is 23.7 Å². The van der Waals surface area contributed by atoms with Crippen molar-refractivity contribution in [2.75, 3.05) is 6.61 Å². The highest BCUT2D eigenvalue weighted by atomic mass is 35.5. The minimum atomic E-state index is -1.45. The monoisotopic (exact) mass is 585 g/mol. The Morgan fingerprint density at radius 3 is 2.05 bits per heavy atom. The standard InChI is InChI=1S/C24H24ClNO10S2/c1-11(27)32-10-17-19(33-12(2)28)20(34-13(3)29)21(35-14(4)30)23(36-17)26-22(31)18(38-24(26)37)9-15-5-7-16(25)8-6-15/h5-9,17,19-21,23H,10H2,1-4H3/b18-9+/t17-,19-,20-,21-,23+/m0/s1. The highest BCUT2D eigenvalue weighted by Gasteiger charge is 2.56. The minimum absolute atomic E-state index is 0.0658. The van der Waals surface area contributed by atoms with Crippen molar-refractivity contribution < 1.29 is 47.7 Å². The van der Waals surface area contributed by atoms with Crippen LogP contribution in [0.3, 0.4) is 0 Å². The number of nitrogens with zero attached hydrogens (tertiary/aromatic N) is 1. The lowest BCUT2D eigenvalue weighted by Gasteiger charge is -2.46. The summed E-state index contributed by atoms with van der Waals surface area (Å²) in [4.78, 5) is 62.3. The maximum absolute atomic E-state index is 13.5. The van der Waals surface area contributed by atoms with E-state index in [0.29, 0.717) is 10.6 Å². The molecule has 0 saturated carbocycles. The van der Waals surface area contributed by atoms with Crippen LogP contribution in [0, 0.1) is 0 Å². The number of hydrogen-bond acceptors (Lipinski definition) is 12. The van der Waals surface area contributed by atoms with E-state index < -0.39 is 67.0 Å². The van der Waals surface area contributed by atoms with Crippen molar-refractivity contribution in [1.82, 2.24) is 4.90 Å². The predicted molar refractivity (Wildman–Crippen MR) is 138 cm³/mol. The summed E-state index contributed by atoms with van der Waals surface area (Å²) in [6.45, 7) is 4.07. The molecule has 2 aliphatic heterocycles. The number of hydrogen-bond donors (Lipinski definition) is 0. The van der Waals surface area contributed by atoms with Gasteiger partial charge in [-0.15, -0.1) is 0 Å². The molecule has 1 amide bonds. The molecule has 0 aliphatic carbocycles. The van der Waals surface area contributed by atoms with Crippen molar-refractivity contribution in [1.29, 1.82) is 0 Å². The number of amides is 1. The minimum Gasteiger partial charge on any atom is -0.463 e. The molecule has 2 heterocycles. The van der Waals surface area contributed by atoms with Gasteiger partial charge in [0, 0.05) is 32.7 Å². The Labute approximate surface area is 232 Å². The maximum Gasteiger partial charge on any atom is 0.303 e. The zero-order valence-corrected chi connectivity index (χ0v) is 23.1. The van der Waals surface area contributed by atoms with Crippen molar-refractivity contribution in [2.45, 2.75) is 58.3 Å². The van der Waals surface area contributed by atoms with Gasteiger partial charge in [0.15, 0.2) is 28.9 Å². The van der Waals surface area contributed by atoms with Crippen LogP contribution >= 0.6 is 35.6 Å². The van der Waals surface area contributed by atoms with Gasteiger partial charge in [-0.3, -0.25) is 28.9 Å². The molecule has 5 atom stereocenters. The normalized spacial score (nSPS) is 26.2. The summed E-state index contributed by atoms with van der Waals surface area (Å²) in [5.41, 5.74) is 0.677. The highest BCUT2D eigenvalue weighted by molar-refractivity contribution is 8.26. The van der Waals surface area contributed by atoms with E-state index in [1.807, 2.05) is 0 Å². The molecule has 3 rings (SSSR count). The lowest BCUT2D eigenvalue weighted by Crippen LogP contribution is -2.66. The third-order valence-electron chi connectivity index (χ3n) is 5.21. The number of carbonyl (C=O) groups excluding carboxylic acids is 5. The van der Waals surface area contributed by atoms with E-state index in [1.54, 1.807) is 30.3 Å². The SMILES string of the molecule is CC(=O)OC[C@@H]1O[C@@H](N2C(=O)/C(=C\c3ccc(Cl)cc3)SC2=S)[C@@H](OC(C)=O)[C@@H](OC(C)=O)[C@H]1OC(C)=O. The molecule has 0 N–H and O–H groups in total. The van der Waals surface area contributed by atoms with Crippen molar-refractivity contribution in [2.24, 2.45) is 0 Å². The molecule has 2 fully saturated rings. The number of esters is 4. The lowest BCUT2D eigenvalue weighted by atomic mass is 9.96. The molecule has 0 unspecified atom stereocenters. The number of rotatable bonds is 7. The summed E-state index contributed by atoms with van der Waals surface area (Å²) in [6, 6.07) is 6.74. The molecule has 1 aromatic rings. The number of carbonyl (C=O) groups is 5. The van der Waals surface area contributed by atoms with E-state index in [4.69, 9.17) is 47.5 Å². The molecule has 11 nitrogen and oxygen atoms in total. The number of thioether (sulfide) groups is 1. The topological polar surface area (TPSA) is 135 Å². The molecule has 1 aromatic carbocycles. The molecule has 2 saturated heterocycles. The molecule has 2 aliphatic rings. The van der Waals surface area contributed by atoms with Gasteiger partial charge in [-0.05, 0) is 23.8 Å². The Bertz CT molecular complexity index is 1170. The Balaban J connectivity index is 2.04. The molecule has 204 valence electrons. The first-order valence-corrected chi connectivity index (χ1v) is 12.8. The average Bonchev–Trinajstić information content (AvgIpc) is 3.08. The van der Waals surface area contributed by atoms with E-state index >= 15 is 0 Å². The molecular formula is C24H24ClNO10S2. The van der Waals surface area contributed by atoms with Gasteiger partial charge in [0.2, 0.25) is 0 Å². The summed E-state index contributed by atoms with van der Waals surface area (Å²) in [7, 11) is 0. The van der Waals surface area contributed by atoms with Crippen LogP contribution in [-0.2, 0) is 47.7 Å². The van der Waals surface area contributed by atoms with Crippen LogP contribution < -0.4 is 0 Å². The third kappa shape index (κ3) is 7.31. The van der Waals surface area contributed by atoms with Crippen LogP contribution in [0.2, 0.25) is 5.02 Å². The van der Waals surface area contributed by atoms with Crippen LogP contribution in [0.15, 0.2) is 29.2 Å². The quantitative estimate of drug-likeness (QED) is 0.201. The van der Waals surface area contributed by atoms with Crippen LogP contribution in [0.4, 0.5) is 0 Å². The Kier molecular flexibility index (Phi) is 9.88. The highest BCUT2D eigenvalue weighted by Crippen LogP contribution is 2.39. The van der Waals surface area contributed by atoms with E-state index in [0.717, 1.165) is 44.4 Å². The third-order valence-corrected chi connectivity index (χ3v) is 6.79. The van der Waals surface area contributed by atoms with Crippen LogP contribution in [0.5, 0.6) is 0 Å². The second-order valence-electron chi connectivity index (χ2n) is 8.19. The summed E-state index contributed by atoms with van der Waals surface area (Å²) >= 11 is 12.4. The Hall–Kier alpha value is -3.00. The van der Waals surface area contributed by atoms with Crippen molar-refractivity contribution in [3.8, 4) is 0 Å². The first kappa shape index (κ1) is 29.6. The smallest absolute Gasteiger partial charge is 0.303 e. The van der Waals surface area contributed by atoms with Gasteiger partial charge in [-0.25, -0.2) is 0 Å². The van der Waals surface area contributed by atoms with Gasteiger partial charge in [0.25, 0.3) is 5.91 Å². The van der Waals surface area contributed by atoms with Crippen LogP contribution in [-0.4, -0.2) is 76.3 Å². The number of ether oxygens (including phenoxy) is 5. The lowest BCUT2D eigenvalue weighted by molar-refractivity contribution is -0.268. The zero-order chi connectivity index (χ0) is 28.1. The molecule has 14 heteroatoms. The second-order valence-corrected chi connectivity index (χ2v) is 10.3. The van der Waals surface area contributed by atoms with E-state index in [9.17, 15) is 24.0 Å². The van der Waals surface area contributed by atoms with Crippen molar-refractivity contribution in [3.63, 3.8) is 0 Å². The fourth-order valence-corrected chi connectivity index (χ4v) is 5.26. The van der Waals surface area contributed by atoms with Gasteiger partial charge >= 0.3 is 23.9 Å². The summed E-state index contributed by atoms with van der Waals surface area (Å²) < 4.78 is 27.4. The molecule has 38 heavy (non-hydrogen) atoms. The molecule has 0 spiro atoms.